The number of anilines is 1. The van der Waals surface area contributed by atoms with Crippen molar-refractivity contribution in [2.75, 3.05) is 25.0 Å². The number of carbonyl (C=O) groups is 2. The number of nitrogens with one attached hydrogen (secondary N) is 2. The molecule has 1 fully saturated rings. The van der Waals surface area contributed by atoms with Crippen LogP contribution >= 0.6 is 12.4 Å². The number of sulfonamides is 1. The highest BCUT2D eigenvalue weighted by Gasteiger charge is 2.30. The van der Waals surface area contributed by atoms with Gasteiger partial charge in [0.15, 0.2) is 0 Å². The minimum atomic E-state index is -3.81. The molecule has 1 aromatic rings. The number of amides is 2. The first kappa shape index (κ1) is 22.4. The summed E-state index contributed by atoms with van der Waals surface area (Å²) in [4.78, 5) is 23.8. The standard InChI is InChI=1S/C16H24N4O4S.ClH/c1-3-7-16(2,17)15(22)19-12-5-4-6-13(10-12)25(23,24)20-9-8-18-14(21)11-20;/h4-6,10H,3,7-9,11,17H2,1-2H3,(H,18,21)(H,19,22);1H. The number of halogens is 1. The van der Waals surface area contributed by atoms with E-state index < -0.39 is 15.6 Å². The number of piperazine rings is 1. The summed E-state index contributed by atoms with van der Waals surface area (Å²) in [5.41, 5.74) is 5.31. The fraction of sp³-hybridized carbons (Fsp3) is 0.500. The van der Waals surface area contributed by atoms with Gasteiger partial charge in [-0.15, -0.1) is 12.4 Å². The van der Waals surface area contributed by atoms with Crippen molar-refractivity contribution in [2.45, 2.75) is 37.1 Å². The van der Waals surface area contributed by atoms with Gasteiger partial charge in [-0.2, -0.15) is 4.31 Å². The lowest BCUT2D eigenvalue weighted by Gasteiger charge is -2.26. The van der Waals surface area contributed by atoms with Crippen LogP contribution < -0.4 is 16.4 Å². The Morgan fingerprint density at radius 3 is 2.73 bits per heavy atom. The number of benzene rings is 1. The van der Waals surface area contributed by atoms with E-state index in [2.05, 4.69) is 10.6 Å². The normalized spacial score (nSPS) is 17.6. The van der Waals surface area contributed by atoms with Crippen LogP contribution in [0.3, 0.4) is 0 Å². The predicted octanol–water partition coefficient (Wildman–Crippen LogP) is 0.685. The Kier molecular flexibility index (Phi) is 7.57. The molecule has 1 heterocycles. The summed E-state index contributed by atoms with van der Waals surface area (Å²) in [7, 11) is -3.81. The molecule has 1 aliphatic heterocycles. The molecule has 1 unspecified atom stereocenters. The molecule has 2 rings (SSSR count). The molecule has 10 heteroatoms. The molecule has 0 bridgehead atoms. The van der Waals surface area contributed by atoms with Crippen LogP contribution in [0, 0.1) is 0 Å². The third kappa shape index (κ3) is 5.16. The number of hydrogen-bond donors (Lipinski definition) is 3. The van der Waals surface area contributed by atoms with E-state index in [1.54, 1.807) is 19.1 Å². The minimum Gasteiger partial charge on any atom is -0.354 e. The van der Waals surface area contributed by atoms with E-state index in [4.69, 9.17) is 5.73 Å². The van der Waals surface area contributed by atoms with E-state index in [0.29, 0.717) is 12.1 Å². The molecule has 8 nitrogen and oxygen atoms in total. The molecule has 0 radical (unpaired) electrons. The Morgan fingerprint density at radius 1 is 1.42 bits per heavy atom. The molecule has 146 valence electrons. The molecule has 1 aromatic carbocycles. The summed E-state index contributed by atoms with van der Waals surface area (Å²) in [5.74, 6) is -0.709. The smallest absolute Gasteiger partial charge is 0.244 e. The number of rotatable bonds is 6. The zero-order chi connectivity index (χ0) is 18.7. The van der Waals surface area contributed by atoms with Gasteiger partial charge < -0.3 is 16.4 Å². The second-order valence-corrected chi connectivity index (χ2v) is 8.28. The maximum Gasteiger partial charge on any atom is 0.244 e. The highest BCUT2D eigenvalue weighted by molar-refractivity contribution is 7.89. The van der Waals surface area contributed by atoms with E-state index in [0.717, 1.165) is 10.7 Å². The zero-order valence-corrected chi connectivity index (χ0v) is 16.5. The van der Waals surface area contributed by atoms with Crippen LogP contribution in [-0.4, -0.2) is 49.7 Å². The molecule has 0 aromatic heterocycles. The van der Waals surface area contributed by atoms with E-state index in [1.165, 1.54) is 12.1 Å². The van der Waals surface area contributed by atoms with Crippen molar-refractivity contribution in [1.82, 2.24) is 9.62 Å². The van der Waals surface area contributed by atoms with E-state index >= 15 is 0 Å². The quantitative estimate of drug-likeness (QED) is 0.643. The predicted molar refractivity (Wildman–Crippen MR) is 102 cm³/mol. The average Bonchev–Trinajstić information content (AvgIpc) is 2.55. The van der Waals surface area contributed by atoms with Crippen LogP contribution in [0.4, 0.5) is 5.69 Å². The van der Waals surface area contributed by atoms with Gasteiger partial charge in [-0.25, -0.2) is 8.42 Å². The van der Waals surface area contributed by atoms with E-state index in [9.17, 15) is 18.0 Å². The van der Waals surface area contributed by atoms with Crippen LogP contribution in [0.15, 0.2) is 29.2 Å². The summed E-state index contributed by atoms with van der Waals surface area (Å²) in [6.07, 6.45) is 1.27. The molecule has 2 amide bonds. The van der Waals surface area contributed by atoms with Gasteiger partial charge in [0, 0.05) is 18.8 Å². The summed E-state index contributed by atoms with van der Waals surface area (Å²) in [5, 5.41) is 5.25. The van der Waals surface area contributed by atoms with Gasteiger partial charge in [-0.3, -0.25) is 9.59 Å². The van der Waals surface area contributed by atoms with Gasteiger partial charge in [0.25, 0.3) is 0 Å². The first-order valence-corrected chi connectivity index (χ1v) is 9.58. The minimum absolute atomic E-state index is 0. The Hall–Kier alpha value is -1.68. The first-order chi connectivity index (χ1) is 11.7. The van der Waals surface area contributed by atoms with Crippen molar-refractivity contribution in [2.24, 2.45) is 5.73 Å². The van der Waals surface area contributed by atoms with Gasteiger partial charge in [-0.05, 0) is 31.5 Å². The highest BCUT2D eigenvalue weighted by atomic mass is 35.5. The largest absolute Gasteiger partial charge is 0.354 e. The summed E-state index contributed by atoms with van der Waals surface area (Å²) in [6, 6.07) is 5.95. The molecule has 0 spiro atoms. The molecule has 26 heavy (non-hydrogen) atoms. The van der Waals surface area contributed by atoms with Crippen molar-refractivity contribution in [3.63, 3.8) is 0 Å². The molecule has 0 aliphatic carbocycles. The number of hydrogen-bond acceptors (Lipinski definition) is 5. The van der Waals surface area contributed by atoms with Crippen molar-refractivity contribution in [3.05, 3.63) is 24.3 Å². The Morgan fingerprint density at radius 2 is 2.12 bits per heavy atom. The third-order valence-corrected chi connectivity index (χ3v) is 5.86. The molecule has 4 N–H and O–H groups in total. The van der Waals surface area contributed by atoms with Crippen LogP contribution in [0.1, 0.15) is 26.7 Å². The second-order valence-electron chi connectivity index (χ2n) is 6.34. The topological polar surface area (TPSA) is 122 Å². The number of nitrogens with zero attached hydrogens (tertiary/aromatic N) is 1. The maximum absolute atomic E-state index is 12.7. The van der Waals surface area contributed by atoms with Gasteiger partial charge in [0.05, 0.1) is 17.0 Å². The fourth-order valence-electron chi connectivity index (χ4n) is 2.61. The lowest BCUT2D eigenvalue weighted by molar-refractivity contribution is -0.122. The summed E-state index contributed by atoms with van der Waals surface area (Å²) >= 11 is 0. The molecule has 1 saturated heterocycles. The SMILES string of the molecule is CCCC(C)(N)C(=O)Nc1cccc(S(=O)(=O)N2CCNC(=O)C2)c1.Cl. The van der Waals surface area contributed by atoms with Crippen LogP contribution in [0.2, 0.25) is 0 Å². The Labute approximate surface area is 160 Å². The van der Waals surface area contributed by atoms with Gasteiger partial charge in [-0.1, -0.05) is 19.4 Å². The number of carbonyl (C=O) groups excluding carboxylic acids is 2. The summed E-state index contributed by atoms with van der Waals surface area (Å²) in [6.45, 7) is 3.84. The molecule has 0 saturated carbocycles. The zero-order valence-electron chi connectivity index (χ0n) is 14.8. The lowest BCUT2D eigenvalue weighted by Crippen LogP contribution is -2.49. The summed E-state index contributed by atoms with van der Waals surface area (Å²) < 4.78 is 26.5. The Balaban J connectivity index is 0.00000338. The fourth-order valence-corrected chi connectivity index (χ4v) is 4.05. The second kappa shape index (κ2) is 8.81. The lowest BCUT2D eigenvalue weighted by atomic mass is 9.96. The van der Waals surface area contributed by atoms with Crippen molar-refractivity contribution in [3.8, 4) is 0 Å². The van der Waals surface area contributed by atoms with Crippen LogP contribution in [0.5, 0.6) is 0 Å². The van der Waals surface area contributed by atoms with Crippen molar-refractivity contribution >= 4 is 39.9 Å². The van der Waals surface area contributed by atoms with E-state index in [-0.39, 0.29) is 48.8 Å². The van der Waals surface area contributed by atoms with E-state index in [1.807, 2.05) is 6.92 Å². The number of nitrogens with two attached hydrogens (primary N) is 1. The van der Waals surface area contributed by atoms with Crippen LogP contribution in [-0.2, 0) is 19.6 Å². The molecule has 1 atom stereocenters. The Bertz CT molecular complexity index is 767. The molecular weight excluding hydrogens is 380 g/mol. The van der Waals surface area contributed by atoms with Gasteiger partial charge in [0.1, 0.15) is 0 Å². The monoisotopic (exact) mass is 404 g/mol. The molecule has 1 aliphatic rings. The third-order valence-electron chi connectivity index (χ3n) is 4.02. The van der Waals surface area contributed by atoms with Gasteiger partial charge >= 0.3 is 0 Å². The first-order valence-electron chi connectivity index (χ1n) is 8.14. The van der Waals surface area contributed by atoms with Crippen molar-refractivity contribution in [1.29, 1.82) is 0 Å². The average molecular weight is 405 g/mol. The highest BCUT2D eigenvalue weighted by Crippen LogP contribution is 2.21. The van der Waals surface area contributed by atoms with Gasteiger partial charge in [0.2, 0.25) is 21.8 Å². The molecular formula is C16H25ClN4O4S. The maximum atomic E-state index is 12.7. The van der Waals surface area contributed by atoms with Crippen molar-refractivity contribution < 1.29 is 18.0 Å². The van der Waals surface area contributed by atoms with Crippen LogP contribution in [0.25, 0.3) is 0 Å².